The Morgan fingerprint density at radius 3 is 2.09 bits per heavy atom. The van der Waals surface area contributed by atoms with Gasteiger partial charge >= 0.3 is 17.9 Å². The van der Waals surface area contributed by atoms with Crippen LogP contribution in [0.4, 0.5) is 0 Å². The summed E-state index contributed by atoms with van der Waals surface area (Å²) >= 11 is 0. The smallest absolute Gasteiger partial charge is 0.365 e. The van der Waals surface area contributed by atoms with E-state index in [-0.39, 0.29) is 37.6 Å². The van der Waals surface area contributed by atoms with Crippen LogP contribution in [0.15, 0.2) is 36.9 Å². The molecule has 8 nitrogen and oxygen atoms in total. The summed E-state index contributed by atoms with van der Waals surface area (Å²) in [5.41, 5.74) is 0.0310. The van der Waals surface area contributed by atoms with Crippen molar-refractivity contribution < 1.29 is 38.7 Å². The highest BCUT2D eigenvalue weighted by molar-refractivity contribution is 6.03. The number of hydrogen-bond acceptors (Lipinski definition) is 8. The molecule has 0 saturated carbocycles. The first-order valence-corrected chi connectivity index (χ1v) is 6.60. The molecule has 0 aliphatic heterocycles. The standard InChI is InChI=1S/C15H16O8/c1-2-13(17)23-22-10-9-21-15(19)12-6-4-3-5-11(12)14(18)20-8-7-16/h2-6,16H,1,7-10H2. The summed E-state index contributed by atoms with van der Waals surface area (Å²) in [6.45, 7) is 2.31. The zero-order valence-electron chi connectivity index (χ0n) is 12.2. The number of benzene rings is 1. The van der Waals surface area contributed by atoms with E-state index in [0.29, 0.717) is 0 Å². The van der Waals surface area contributed by atoms with Crippen molar-refractivity contribution in [3.05, 3.63) is 48.0 Å². The molecule has 0 bridgehead atoms. The predicted octanol–water partition coefficient (Wildman–Crippen LogP) is 0.653. The molecule has 8 heteroatoms. The summed E-state index contributed by atoms with van der Waals surface area (Å²) < 4.78 is 9.66. The fourth-order valence-corrected chi connectivity index (χ4v) is 1.44. The highest BCUT2D eigenvalue weighted by atomic mass is 17.2. The molecule has 0 aliphatic carbocycles. The molecule has 1 aromatic carbocycles. The van der Waals surface area contributed by atoms with Gasteiger partial charge in [-0.05, 0) is 12.1 Å². The summed E-state index contributed by atoms with van der Waals surface area (Å²) in [5.74, 6) is -2.28. The highest BCUT2D eigenvalue weighted by Crippen LogP contribution is 2.12. The third kappa shape index (κ3) is 6.29. The lowest BCUT2D eigenvalue weighted by Gasteiger charge is -2.09. The molecule has 0 aliphatic rings. The average Bonchev–Trinajstić information content (AvgIpc) is 2.58. The van der Waals surface area contributed by atoms with Crippen LogP contribution in [0, 0.1) is 0 Å². The van der Waals surface area contributed by atoms with Crippen LogP contribution in [0.5, 0.6) is 0 Å². The van der Waals surface area contributed by atoms with Crippen LogP contribution in [0.2, 0.25) is 0 Å². The van der Waals surface area contributed by atoms with E-state index in [0.717, 1.165) is 6.08 Å². The number of hydrogen-bond donors (Lipinski definition) is 1. The van der Waals surface area contributed by atoms with Gasteiger partial charge in [0.05, 0.1) is 17.7 Å². The van der Waals surface area contributed by atoms with Gasteiger partial charge in [0.2, 0.25) is 0 Å². The molecule has 0 spiro atoms. The number of aliphatic hydroxyl groups is 1. The summed E-state index contributed by atoms with van der Waals surface area (Å²) in [5, 5.41) is 8.64. The molecule has 1 aromatic rings. The zero-order chi connectivity index (χ0) is 17.1. The summed E-state index contributed by atoms with van der Waals surface area (Å²) in [6, 6.07) is 5.92. The maximum absolute atomic E-state index is 11.9. The first kappa shape index (κ1) is 18.3. The van der Waals surface area contributed by atoms with Crippen molar-refractivity contribution in [1.29, 1.82) is 0 Å². The van der Waals surface area contributed by atoms with Crippen molar-refractivity contribution >= 4 is 17.9 Å². The maximum Gasteiger partial charge on any atom is 0.365 e. The van der Waals surface area contributed by atoms with Gasteiger partial charge in [-0.1, -0.05) is 18.7 Å². The van der Waals surface area contributed by atoms with E-state index in [1.807, 2.05) is 0 Å². The summed E-state index contributed by atoms with van der Waals surface area (Å²) in [7, 11) is 0. The Kier molecular flexibility index (Phi) is 8.04. The monoisotopic (exact) mass is 324 g/mol. The number of rotatable bonds is 9. The van der Waals surface area contributed by atoms with E-state index in [9.17, 15) is 14.4 Å². The molecule has 0 fully saturated rings. The van der Waals surface area contributed by atoms with Gasteiger partial charge in [-0.15, -0.1) is 0 Å². The van der Waals surface area contributed by atoms with Gasteiger partial charge in [-0.2, -0.15) is 4.89 Å². The Balaban J connectivity index is 2.54. The van der Waals surface area contributed by atoms with Crippen molar-refractivity contribution in [2.75, 3.05) is 26.4 Å². The Morgan fingerprint density at radius 1 is 1.00 bits per heavy atom. The largest absolute Gasteiger partial charge is 0.460 e. The lowest BCUT2D eigenvalue weighted by molar-refractivity contribution is -0.270. The fraction of sp³-hybridized carbons (Fsp3) is 0.267. The van der Waals surface area contributed by atoms with Gasteiger partial charge in [0.25, 0.3) is 0 Å². The van der Waals surface area contributed by atoms with Gasteiger partial charge in [0, 0.05) is 6.08 Å². The quantitative estimate of drug-likeness (QED) is 0.232. The lowest BCUT2D eigenvalue weighted by Crippen LogP contribution is -2.17. The molecule has 0 atom stereocenters. The third-order valence-electron chi connectivity index (χ3n) is 2.40. The number of esters is 2. The fourth-order valence-electron chi connectivity index (χ4n) is 1.44. The molecule has 1 rings (SSSR count). The zero-order valence-corrected chi connectivity index (χ0v) is 12.2. The van der Waals surface area contributed by atoms with Gasteiger partial charge in [0.1, 0.15) is 19.8 Å². The van der Waals surface area contributed by atoms with Crippen LogP contribution in [0.25, 0.3) is 0 Å². The molecular weight excluding hydrogens is 308 g/mol. The lowest BCUT2D eigenvalue weighted by atomic mass is 10.1. The molecule has 124 valence electrons. The van der Waals surface area contributed by atoms with Crippen LogP contribution in [0.1, 0.15) is 20.7 Å². The van der Waals surface area contributed by atoms with Crippen molar-refractivity contribution in [3.63, 3.8) is 0 Å². The van der Waals surface area contributed by atoms with Gasteiger partial charge in [-0.3, -0.25) is 4.89 Å². The van der Waals surface area contributed by atoms with Crippen molar-refractivity contribution in [2.24, 2.45) is 0 Å². The Bertz CT molecular complexity index is 566. The molecule has 0 aromatic heterocycles. The second-order valence-corrected chi connectivity index (χ2v) is 3.97. The summed E-state index contributed by atoms with van der Waals surface area (Å²) in [6.07, 6.45) is 0.917. The van der Waals surface area contributed by atoms with Crippen molar-refractivity contribution in [3.8, 4) is 0 Å². The van der Waals surface area contributed by atoms with Crippen molar-refractivity contribution in [1.82, 2.24) is 0 Å². The Morgan fingerprint density at radius 2 is 1.57 bits per heavy atom. The van der Waals surface area contributed by atoms with Crippen LogP contribution in [0.3, 0.4) is 0 Å². The topological polar surface area (TPSA) is 108 Å². The number of carbonyl (C=O) groups is 3. The van der Waals surface area contributed by atoms with Crippen molar-refractivity contribution in [2.45, 2.75) is 0 Å². The van der Waals surface area contributed by atoms with E-state index in [2.05, 4.69) is 16.4 Å². The summed E-state index contributed by atoms with van der Waals surface area (Å²) in [4.78, 5) is 43.1. The number of ether oxygens (including phenoxy) is 2. The minimum atomic E-state index is -0.770. The number of aliphatic hydroxyl groups excluding tert-OH is 1. The predicted molar refractivity (Wildman–Crippen MR) is 76.3 cm³/mol. The van der Waals surface area contributed by atoms with E-state index >= 15 is 0 Å². The van der Waals surface area contributed by atoms with Gasteiger partial charge in [-0.25, -0.2) is 14.4 Å². The molecule has 0 saturated heterocycles. The molecule has 0 radical (unpaired) electrons. The SMILES string of the molecule is C=CC(=O)OOCCOC(=O)c1ccccc1C(=O)OCCO. The van der Waals surface area contributed by atoms with Crippen LogP contribution in [-0.2, 0) is 24.0 Å². The first-order valence-electron chi connectivity index (χ1n) is 6.60. The molecule has 1 N–H and O–H groups in total. The Hall–Kier alpha value is -2.71. The second kappa shape index (κ2) is 10.1. The highest BCUT2D eigenvalue weighted by Gasteiger charge is 2.18. The molecule has 0 unspecified atom stereocenters. The van der Waals surface area contributed by atoms with Gasteiger partial charge in [0.15, 0.2) is 0 Å². The van der Waals surface area contributed by atoms with E-state index in [1.54, 1.807) is 12.1 Å². The van der Waals surface area contributed by atoms with Gasteiger partial charge < -0.3 is 14.6 Å². The molecule has 23 heavy (non-hydrogen) atoms. The van der Waals surface area contributed by atoms with E-state index in [4.69, 9.17) is 14.6 Å². The molecule has 0 heterocycles. The van der Waals surface area contributed by atoms with Crippen LogP contribution in [-0.4, -0.2) is 49.4 Å². The number of carbonyl (C=O) groups excluding carboxylic acids is 3. The molecule has 0 amide bonds. The van der Waals surface area contributed by atoms with Crippen LogP contribution >= 0.6 is 0 Å². The maximum atomic E-state index is 11.9. The average molecular weight is 324 g/mol. The van der Waals surface area contributed by atoms with Crippen LogP contribution < -0.4 is 0 Å². The normalized spacial score (nSPS) is 9.78. The minimum Gasteiger partial charge on any atom is -0.460 e. The van der Waals surface area contributed by atoms with E-state index < -0.39 is 17.9 Å². The molecular formula is C15H16O8. The first-order chi connectivity index (χ1) is 11.1. The Labute approximate surface area is 132 Å². The van der Waals surface area contributed by atoms with E-state index in [1.165, 1.54) is 12.1 Å². The third-order valence-corrected chi connectivity index (χ3v) is 2.40. The second-order valence-electron chi connectivity index (χ2n) is 3.97. The minimum absolute atomic E-state index is 0.0125.